The highest BCUT2D eigenvalue weighted by Crippen LogP contribution is 2.18. The summed E-state index contributed by atoms with van der Waals surface area (Å²) in [6, 6.07) is 3.69. The van der Waals surface area contributed by atoms with Crippen molar-refractivity contribution in [2.24, 2.45) is 0 Å². The number of thiophene rings is 1. The molecule has 1 aromatic rings. The Morgan fingerprint density at radius 1 is 1.78 bits per heavy atom. The van der Waals surface area contributed by atoms with Gasteiger partial charge in [0.05, 0.1) is 0 Å². The van der Waals surface area contributed by atoms with Crippen LogP contribution in [-0.2, 0) is 0 Å². The Labute approximate surface area is 57.7 Å². The minimum Gasteiger partial charge on any atom is -0.456 e. The average Bonchev–Trinajstić information content (AvgIpc) is 2.15. The Morgan fingerprint density at radius 2 is 2.56 bits per heavy atom. The lowest BCUT2D eigenvalue weighted by molar-refractivity contribution is 0.00264. The fraction of sp³-hybridized carbons (Fsp3) is 0.333. The van der Waals surface area contributed by atoms with Crippen LogP contribution >= 0.6 is 11.3 Å². The Bertz CT molecular complexity index is 158. The van der Waals surface area contributed by atoms with Crippen molar-refractivity contribution in [3.05, 3.63) is 17.5 Å². The van der Waals surface area contributed by atoms with E-state index in [2.05, 4.69) is 0 Å². The molecular formula is C6H8O2S. The average molecular weight is 144 g/mol. The third-order valence-electron chi connectivity index (χ3n) is 0.782. The lowest BCUT2D eigenvalue weighted by Gasteiger charge is -2.03. The SMILES string of the molecule is CC(O)Oc1cccs1. The van der Waals surface area contributed by atoms with E-state index in [0.717, 1.165) is 5.06 Å². The third-order valence-corrected chi connectivity index (χ3v) is 1.54. The molecule has 1 heterocycles. The van der Waals surface area contributed by atoms with Gasteiger partial charge in [-0.3, -0.25) is 0 Å². The van der Waals surface area contributed by atoms with Gasteiger partial charge in [-0.05, 0) is 24.4 Å². The number of ether oxygens (including phenoxy) is 1. The van der Waals surface area contributed by atoms with Gasteiger partial charge in [-0.15, -0.1) is 11.3 Å². The van der Waals surface area contributed by atoms with E-state index in [1.165, 1.54) is 11.3 Å². The number of hydrogen-bond acceptors (Lipinski definition) is 3. The molecule has 0 amide bonds. The summed E-state index contributed by atoms with van der Waals surface area (Å²) in [5.41, 5.74) is 0. The molecule has 1 unspecified atom stereocenters. The van der Waals surface area contributed by atoms with Crippen LogP contribution in [0.15, 0.2) is 17.5 Å². The van der Waals surface area contributed by atoms with E-state index in [1.807, 2.05) is 17.5 Å². The first kappa shape index (κ1) is 6.58. The predicted molar refractivity (Wildman–Crippen MR) is 36.6 cm³/mol. The van der Waals surface area contributed by atoms with E-state index < -0.39 is 6.29 Å². The molecule has 1 rings (SSSR count). The summed E-state index contributed by atoms with van der Waals surface area (Å²) in [7, 11) is 0. The molecule has 9 heavy (non-hydrogen) atoms. The van der Waals surface area contributed by atoms with Crippen LogP contribution in [0.1, 0.15) is 6.92 Å². The zero-order valence-corrected chi connectivity index (χ0v) is 5.89. The molecular weight excluding hydrogens is 136 g/mol. The van der Waals surface area contributed by atoms with Crippen LogP contribution in [-0.4, -0.2) is 11.4 Å². The van der Waals surface area contributed by atoms with E-state index >= 15 is 0 Å². The largest absolute Gasteiger partial charge is 0.456 e. The highest BCUT2D eigenvalue weighted by atomic mass is 32.1. The maximum atomic E-state index is 8.71. The molecule has 0 aliphatic heterocycles. The molecule has 1 N–H and O–H groups in total. The molecule has 0 aromatic carbocycles. The molecule has 0 saturated heterocycles. The standard InChI is InChI=1S/C6H8O2S/c1-5(7)8-6-3-2-4-9-6/h2-5,7H,1H3. The lowest BCUT2D eigenvalue weighted by atomic mass is 10.6. The molecule has 0 saturated carbocycles. The van der Waals surface area contributed by atoms with Crippen LogP contribution in [0.4, 0.5) is 0 Å². The molecule has 0 aliphatic carbocycles. The maximum Gasteiger partial charge on any atom is 0.195 e. The Morgan fingerprint density at radius 3 is 3.00 bits per heavy atom. The second-order valence-corrected chi connectivity index (χ2v) is 2.56. The van der Waals surface area contributed by atoms with Crippen molar-refractivity contribution < 1.29 is 9.84 Å². The Hall–Kier alpha value is -0.540. The van der Waals surface area contributed by atoms with E-state index in [-0.39, 0.29) is 0 Å². The number of hydrogen-bond donors (Lipinski definition) is 1. The van der Waals surface area contributed by atoms with Crippen molar-refractivity contribution in [2.45, 2.75) is 13.2 Å². The zero-order valence-electron chi connectivity index (χ0n) is 5.07. The van der Waals surface area contributed by atoms with Gasteiger partial charge >= 0.3 is 0 Å². The van der Waals surface area contributed by atoms with Gasteiger partial charge in [-0.25, -0.2) is 0 Å². The first-order valence-electron chi connectivity index (χ1n) is 2.67. The van der Waals surface area contributed by atoms with Crippen molar-refractivity contribution in [3.8, 4) is 5.06 Å². The normalized spacial score (nSPS) is 13.1. The van der Waals surface area contributed by atoms with Gasteiger partial charge in [0.2, 0.25) is 0 Å². The van der Waals surface area contributed by atoms with E-state index in [4.69, 9.17) is 9.84 Å². The van der Waals surface area contributed by atoms with Gasteiger partial charge in [0.15, 0.2) is 11.4 Å². The van der Waals surface area contributed by atoms with E-state index in [9.17, 15) is 0 Å². The van der Waals surface area contributed by atoms with E-state index in [1.54, 1.807) is 6.92 Å². The second kappa shape index (κ2) is 2.85. The Kier molecular flexibility index (Phi) is 2.08. The number of aliphatic hydroxyl groups is 1. The molecule has 2 nitrogen and oxygen atoms in total. The van der Waals surface area contributed by atoms with Crippen LogP contribution in [0.2, 0.25) is 0 Å². The summed E-state index contributed by atoms with van der Waals surface area (Å²) in [6.45, 7) is 1.58. The van der Waals surface area contributed by atoms with Crippen molar-refractivity contribution in [2.75, 3.05) is 0 Å². The molecule has 1 atom stereocenters. The fourth-order valence-electron chi connectivity index (χ4n) is 0.499. The Balaban J connectivity index is 2.48. The molecule has 0 bridgehead atoms. The highest BCUT2D eigenvalue weighted by Gasteiger charge is 1.96. The third kappa shape index (κ3) is 2.03. The topological polar surface area (TPSA) is 29.5 Å². The molecule has 0 fully saturated rings. The monoisotopic (exact) mass is 144 g/mol. The van der Waals surface area contributed by atoms with Crippen molar-refractivity contribution in [3.63, 3.8) is 0 Å². The molecule has 1 aromatic heterocycles. The second-order valence-electron chi connectivity index (χ2n) is 1.65. The van der Waals surface area contributed by atoms with Crippen LogP contribution in [0.5, 0.6) is 5.06 Å². The van der Waals surface area contributed by atoms with Gasteiger partial charge in [0.1, 0.15) is 0 Å². The zero-order chi connectivity index (χ0) is 6.69. The van der Waals surface area contributed by atoms with Crippen LogP contribution in [0, 0.1) is 0 Å². The lowest BCUT2D eigenvalue weighted by Crippen LogP contribution is -2.08. The molecule has 0 aliphatic rings. The minimum atomic E-state index is -0.705. The van der Waals surface area contributed by atoms with Gasteiger partial charge in [0, 0.05) is 0 Å². The summed E-state index contributed by atoms with van der Waals surface area (Å²) in [5.74, 6) is 0. The smallest absolute Gasteiger partial charge is 0.195 e. The first-order chi connectivity index (χ1) is 4.29. The van der Waals surface area contributed by atoms with E-state index in [0.29, 0.717) is 0 Å². The van der Waals surface area contributed by atoms with Gasteiger partial charge in [-0.1, -0.05) is 0 Å². The fourth-order valence-corrected chi connectivity index (χ4v) is 1.14. The summed E-state index contributed by atoms with van der Waals surface area (Å²) in [5, 5.41) is 11.4. The predicted octanol–water partition coefficient (Wildman–Crippen LogP) is 1.47. The highest BCUT2D eigenvalue weighted by molar-refractivity contribution is 7.11. The molecule has 0 radical (unpaired) electrons. The number of aliphatic hydroxyl groups excluding tert-OH is 1. The summed E-state index contributed by atoms with van der Waals surface area (Å²) in [4.78, 5) is 0. The van der Waals surface area contributed by atoms with Crippen molar-refractivity contribution in [1.82, 2.24) is 0 Å². The quantitative estimate of drug-likeness (QED) is 0.637. The van der Waals surface area contributed by atoms with Gasteiger partial charge in [-0.2, -0.15) is 0 Å². The minimum absolute atomic E-state index is 0.705. The maximum absolute atomic E-state index is 8.71. The molecule has 0 spiro atoms. The number of rotatable bonds is 2. The summed E-state index contributed by atoms with van der Waals surface area (Å²) < 4.78 is 4.93. The van der Waals surface area contributed by atoms with Gasteiger partial charge in [0.25, 0.3) is 0 Å². The van der Waals surface area contributed by atoms with Crippen LogP contribution in [0.3, 0.4) is 0 Å². The molecule has 50 valence electrons. The first-order valence-corrected chi connectivity index (χ1v) is 3.55. The summed E-state index contributed by atoms with van der Waals surface area (Å²) >= 11 is 1.47. The van der Waals surface area contributed by atoms with Crippen LogP contribution < -0.4 is 4.74 Å². The summed E-state index contributed by atoms with van der Waals surface area (Å²) in [6.07, 6.45) is -0.705. The molecule has 3 heteroatoms. The van der Waals surface area contributed by atoms with Crippen molar-refractivity contribution >= 4 is 11.3 Å². The van der Waals surface area contributed by atoms with Crippen molar-refractivity contribution in [1.29, 1.82) is 0 Å². The van der Waals surface area contributed by atoms with Crippen LogP contribution in [0.25, 0.3) is 0 Å². The van der Waals surface area contributed by atoms with Gasteiger partial charge < -0.3 is 9.84 Å².